The second kappa shape index (κ2) is 7.65. The van der Waals surface area contributed by atoms with Crippen LogP contribution in [0.2, 0.25) is 0 Å². The molecule has 2 atom stereocenters. The van der Waals surface area contributed by atoms with Gasteiger partial charge in [0.2, 0.25) is 5.91 Å². The van der Waals surface area contributed by atoms with Crippen LogP contribution in [0.4, 0.5) is 10.5 Å². The molecule has 0 saturated carbocycles. The third kappa shape index (κ3) is 5.23. The summed E-state index contributed by atoms with van der Waals surface area (Å²) in [5.41, 5.74) is 0.650. The number of carbonyl (C=O) groups is 2. The summed E-state index contributed by atoms with van der Waals surface area (Å²) in [6, 6.07) is 7.33. The van der Waals surface area contributed by atoms with E-state index in [1.165, 1.54) is 0 Å². The average molecular weight is 353 g/mol. The normalized spacial score (nSPS) is 20.4. The lowest BCUT2D eigenvalue weighted by Gasteiger charge is -2.23. The molecule has 0 aliphatic carbocycles. The van der Waals surface area contributed by atoms with Gasteiger partial charge in [0, 0.05) is 11.7 Å². The lowest BCUT2D eigenvalue weighted by atomic mass is 10.0. The van der Waals surface area contributed by atoms with E-state index in [1.807, 2.05) is 19.9 Å². The van der Waals surface area contributed by atoms with E-state index in [-0.39, 0.29) is 23.3 Å². The number of amides is 3. The summed E-state index contributed by atoms with van der Waals surface area (Å²) >= 11 is 0. The van der Waals surface area contributed by atoms with E-state index in [1.54, 1.807) is 24.3 Å². The maximum atomic E-state index is 12.4. The van der Waals surface area contributed by atoms with Crippen LogP contribution in [-0.4, -0.2) is 43.9 Å². The van der Waals surface area contributed by atoms with Crippen molar-refractivity contribution >= 4 is 27.5 Å². The van der Waals surface area contributed by atoms with Gasteiger partial charge in [-0.2, -0.15) is 0 Å². The van der Waals surface area contributed by atoms with Gasteiger partial charge in [-0.3, -0.25) is 4.79 Å². The highest BCUT2D eigenvalue weighted by molar-refractivity contribution is 7.91. The van der Waals surface area contributed by atoms with Gasteiger partial charge in [-0.05, 0) is 24.5 Å². The molecule has 0 spiro atoms. The van der Waals surface area contributed by atoms with Gasteiger partial charge in [-0.15, -0.1) is 0 Å². The molecule has 0 radical (unpaired) electrons. The molecule has 1 saturated heterocycles. The fourth-order valence-corrected chi connectivity index (χ4v) is 4.23. The molecule has 1 aliphatic heterocycles. The monoisotopic (exact) mass is 353 g/mol. The molecule has 1 heterocycles. The van der Waals surface area contributed by atoms with Gasteiger partial charge in [0.05, 0.1) is 11.5 Å². The van der Waals surface area contributed by atoms with Gasteiger partial charge < -0.3 is 16.0 Å². The van der Waals surface area contributed by atoms with Gasteiger partial charge in [0.15, 0.2) is 9.84 Å². The van der Waals surface area contributed by atoms with Crippen molar-refractivity contribution in [3.8, 4) is 0 Å². The lowest BCUT2D eigenvalue weighted by Crippen LogP contribution is -2.52. The summed E-state index contributed by atoms with van der Waals surface area (Å²) in [7, 11) is -3.06. The van der Waals surface area contributed by atoms with Crippen LogP contribution in [-0.2, 0) is 14.6 Å². The van der Waals surface area contributed by atoms with Crippen LogP contribution >= 0.6 is 0 Å². The number of hydrogen-bond acceptors (Lipinski definition) is 4. The lowest BCUT2D eigenvalue weighted by molar-refractivity contribution is -0.118. The van der Waals surface area contributed by atoms with E-state index >= 15 is 0 Å². The summed E-state index contributed by atoms with van der Waals surface area (Å²) in [4.78, 5) is 24.5. The minimum Gasteiger partial charge on any atom is -0.334 e. The average Bonchev–Trinajstić information content (AvgIpc) is 2.84. The van der Waals surface area contributed by atoms with Crippen molar-refractivity contribution in [3.05, 3.63) is 30.3 Å². The van der Waals surface area contributed by atoms with Crippen molar-refractivity contribution in [2.75, 3.05) is 16.8 Å². The van der Waals surface area contributed by atoms with Gasteiger partial charge in [-0.25, -0.2) is 13.2 Å². The third-order valence-electron chi connectivity index (χ3n) is 3.84. The van der Waals surface area contributed by atoms with Crippen molar-refractivity contribution in [3.63, 3.8) is 0 Å². The first-order chi connectivity index (χ1) is 11.3. The molecule has 1 aromatic carbocycles. The molecule has 132 valence electrons. The maximum absolute atomic E-state index is 12.4. The fourth-order valence-electron chi connectivity index (χ4n) is 2.55. The van der Waals surface area contributed by atoms with Crippen LogP contribution in [0.5, 0.6) is 0 Å². The Kier molecular flexibility index (Phi) is 5.82. The molecule has 8 heteroatoms. The Bertz CT molecular complexity index is 689. The van der Waals surface area contributed by atoms with E-state index < -0.39 is 28.0 Å². The molecule has 0 aromatic heterocycles. The van der Waals surface area contributed by atoms with Crippen LogP contribution in [0.3, 0.4) is 0 Å². The van der Waals surface area contributed by atoms with Crippen molar-refractivity contribution in [2.24, 2.45) is 5.92 Å². The predicted octanol–water partition coefficient (Wildman–Crippen LogP) is 1.14. The summed E-state index contributed by atoms with van der Waals surface area (Å²) in [5, 5.41) is 8.02. The molecule has 24 heavy (non-hydrogen) atoms. The van der Waals surface area contributed by atoms with E-state index in [9.17, 15) is 18.0 Å². The quantitative estimate of drug-likeness (QED) is 0.738. The highest BCUT2D eigenvalue weighted by atomic mass is 32.2. The molecule has 1 aliphatic rings. The number of carbonyl (C=O) groups excluding carboxylic acids is 2. The topological polar surface area (TPSA) is 104 Å². The van der Waals surface area contributed by atoms with Crippen LogP contribution in [0, 0.1) is 5.92 Å². The Morgan fingerprint density at radius 2 is 1.83 bits per heavy atom. The second-order valence-corrected chi connectivity index (χ2v) is 8.52. The predicted molar refractivity (Wildman–Crippen MR) is 92.4 cm³/mol. The molecule has 3 N–H and O–H groups in total. The molecule has 7 nitrogen and oxygen atoms in total. The number of rotatable bonds is 5. The largest absolute Gasteiger partial charge is 0.334 e. The molecule has 0 bridgehead atoms. The summed E-state index contributed by atoms with van der Waals surface area (Å²) < 4.78 is 22.9. The van der Waals surface area contributed by atoms with Crippen LogP contribution in [0.1, 0.15) is 20.3 Å². The molecule has 2 rings (SSSR count). The summed E-state index contributed by atoms with van der Waals surface area (Å²) in [6.45, 7) is 3.66. The number of benzene rings is 1. The van der Waals surface area contributed by atoms with E-state index in [4.69, 9.17) is 0 Å². The van der Waals surface area contributed by atoms with E-state index in [0.717, 1.165) is 0 Å². The first kappa shape index (κ1) is 18.3. The highest BCUT2D eigenvalue weighted by Crippen LogP contribution is 2.12. The van der Waals surface area contributed by atoms with Crippen molar-refractivity contribution < 1.29 is 18.0 Å². The van der Waals surface area contributed by atoms with E-state index in [0.29, 0.717) is 12.1 Å². The standard InChI is InChI=1S/C16H23N3O4S/c1-11(2)14(15(20)17-12-6-4-3-5-7-12)19-16(21)18-13-8-9-24(22,23)10-13/h3-7,11,13-14H,8-10H2,1-2H3,(H,17,20)(H2,18,19,21). The Morgan fingerprint density at radius 1 is 1.17 bits per heavy atom. The number of para-hydroxylation sites is 1. The summed E-state index contributed by atoms with van der Waals surface area (Å²) in [5.74, 6) is -0.402. The number of sulfone groups is 1. The smallest absolute Gasteiger partial charge is 0.315 e. The second-order valence-electron chi connectivity index (χ2n) is 6.29. The van der Waals surface area contributed by atoms with Gasteiger partial charge >= 0.3 is 6.03 Å². The van der Waals surface area contributed by atoms with E-state index in [2.05, 4.69) is 16.0 Å². The number of nitrogens with one attached hydrogen (secondary N) is 3. The first-order valence-electron chi connectivity index (χ1n) is 7.90. The molecule has 3 amide bonds. The van der Waals surface area contributed by atoms with Crippen LogP contribution in [0.25, 0.3) is 0 Å². The van der Waals surface area contributed by atoms with Crippen molar-refractivity contribution in [1.29, 1.82) is 0 Å². The van der Waals surface area contributed by atoms with Gasteiger partial charge in [0.1, 0.15) is 6.04 Å². The Morgan fingerprint density at radius 3 is 2.38 bits per heavy atom. The van der Waals surface area contributed by atoms with Crippen molar-refractivity contribution in [2.45, 2.75) is 32.4 Å². The summed E-state index contributed by atoms with van der Waals surface area (Å²) in [6.07, 6.45) is 0.401. The molecular formula is C16H23N3O4S. The SMILES string of the molecule is CC(C)C(NC(=O)NC1CCS(=O)(=O)C1)C(=O)Nc1ccccc1. The zero-order valence-corrected chi connectivity index (χ0v) is 14.6. The molecular weight excluding hydrogens is 330 g/mol. The fraction of sp³-hybridized carbons (Fsp3) is 0.500. The Balaban J connectivity index is 1.93. The number of anilines is 1. The van der Waals surface area contributed by atoms with Crippen LogP contribution < -0.4 is 16.0 Å². The maximum Gasteiger partial charge on any atom is 0.315 e. The Hall–Kier alpha value is -2.09. The Labute approximate surface area is 142 Å². The molecule has 1 fully saturated rings. The number of urea groups is 1. The molecule has 1 aromatic rings. The van der Waals surface area contributed by atoms with Gasteiger partial charge in [-0.1, -0.05) is 32.0 Å². The van der Waals surface area contributed by atoms with Crippen molar-refractivity contribution in [1.82, 2.24) is 10.6 Å². The minimum atomic E-state index is -3.06. The minimum absolute atomic E-state index is 0.0526. The molecule has 2 unspecified atom stereocenters. The zero-order chi connectivity index (χ0) is 17.7. The highest BCUT2D eigenvalue weighted by Gasteiger charge is 2.30. The first-order valence-corrected chi connectivity index (χ1v) is 9.72. The number of hydrogen-bond donors (Lipinski definition) is 3. The zero-order valence-electron chi connectivity index (χ0n) is 13.8. The third-order valence-corrected chi connectivity index (χ3v) is 5.61. The van der Waals surface area contributed by atoms with Gasteiger partial charge in [0.25, 0.3) is 0 Å². The van der Waals surface area contributed by atoms with Crippen LogP contribution in [0.15, 0.2) is 30.3 Å².